The van der Waals surface area contributed by atoms with Gasteiger partial charge in [-0.25, -0.2) is 4.98 Å². The van der Waals surface area contributed by atoms with Crippen LogP contribution in [-0.4, -0.2) is 78.0 Å². The van der Waals surface area contributed by atoms with Gasteiger partial charge in [0.1, 0.15) is 11.5 Å². The van der Waals surface area contributed by atoms with Crippen LogP contribution in [0.15, 0.2) is 36.9 Å². The number of carbonyl (C=O) groups is 1. The fourth-order valence-electron chi connectivity index (χ4n) is 4.76. The highest BCUT2D eigenvalue weighted by Gasteiger charge is 2.25. The molecular weight excluding hydrogens is 488 g/mol. The van der Waals surface area contributed by atoms with Crippen LogP contribution in [0.25, 0.3) is 38.3 Å². The summed E-state index contributed by atoms with van der Waals surface area (Å²) in [7, 11) is 0. The van der Waals surface area contributed by atoms with Gasteiger partial charge in [-0.15, -0.1) is 21.5 Å². The lowest BCUT2D eigenvalue weighted by molar-refractivity contribution is 0.0320. The highest BCUT2D eigenvalue weighted by atomic mass is 32.1. The molecule has 0 saturated carbocycles. The van der Waals surface area contributed by atoms with Crippen molar-refractivity contribution >= 4 is 50.0 Å². The molecular formula is C27H28N6O3S. The maximum Gasteiger partial charge on any atom is 0.263 e. The predicted molar refractivity (Wildman–Crippen MR) is 146 cm³/mol. The summed E-state index contributed by atoms with van der Waals surface area (Å²) in [6, 6.07) is 10.0. The molecule has 0 radical (unpaired) electrons. The van der Waals surface area contributed by atoms with Crippen LogP contribution in [0.3, 0.4) is 0 Å². The highest BCUT2D eigenvalue weighted by Crippen LogP contribution is 2.41. The summed E-state index contributed by atoms with van der Waals surface area (Å²) in [5.41, 5.74) is 3.88. The number of amides is 1. The van der Waals surface area contributed by atoms with Crippen molar-refractivity contribution in [3.8, 4) is 17.1 Å². The molecule has 6 rings (SSSR count). The molecule has 0 spiro atoms. The van der Waals surface area contributed by atoms with E-state index in [1.54, 1.807) is 6.08 Å². The molecule has 1 fully saturated rings. The zero-order valence-electron chi connectivity index (χ0n) is 20.6. The minimum Gasteiger partial charge on any atom is -0.475 e. The SMILES string of the molecule is C=Cc1cc(-c2ccc3c(ccc4sc5c(c43)NC[C@@H](C)NC5=O)n2)c(OCCN2CCOCC2)nn1. The van der Waals surface area contributed by atoms with E-state index in [0.29, 0.717) is 29.6 Å². The molecule has 10 heteroatoms. The van der Waals surface area contributed by atoms with Crippen LogP contribution in [0.4, 0.5) is 5.69 Å². The average molecular weight is 517 g/mol. The van der Waals surface area contributed by atoms with Crippen LogP contribution in [0.5, 0.6) is 5.88 Å². The van der Waals surface area contributed by atoms with Gasteiger partial charge in [0.25, 0.3) is 5.91 Å². The van der Waals surface area contributed by atoms with Crippen LogP contribution in [-0.2, 0) is 4.74 Å². The lowest BCUT2D eigenvalue weighted by Crippen LogP contribution is -2.38. The Kier molecular flexibility index (Phi) is 6.45. The van der Waals surface area contributed by atoms with Gasteiger partial charge in [-0.2, -0.15) is 0 Å². The summed E-state index contributed by atoms with van der Waals surface area (Å²) >= 11 is 1.50. The van der Waals surface area contributed by atoms with Gasteiger partial charge in [0.05, 0.1) is 41.4 Å². The Labute approximate surface area is 218 Å². The Hall–Kier alpha value is -3.60. The number of thiophene rings is 1. The second-order valence-corrected chi connectivity index (χ2v) is 10.3. The number of fused-ring (bicyclic) bond motifs is 5. The van der Waals surface area contributed by atoms with E-state index in [9.17, 15) is 4.79 Å². The van der Waals surface area contributed by atoms with Gasteiger partial charge < -0.3 is 20.1 Å². The number of rotatable bonds is 6. The number of carbonyl (C=O) groups excluding carboxylic acids is 1. The molecule has 1 saturated heterocycles. The minimum absolute atomic E-state index is 0.0369. The molecule has 190 valence electrons. The van der Waals surface area contributed by atoms with E-state index in [4.69, 9.17) is 14.5 Å². The molecule has 0 bridgehead atoms. The lowest BCUT2D eigenvalue weighted by atomic mass is 10.1. The van der Waals surface area contributed by atoms with Crippen molar-refractivity contribution in [2.45, 2.75) is 13.0 Å². The number of nitrogens with zero attached hydrogens (tertiary/aromatic N) is 4. The molecule has 0 aliphatic carbocycles. The first-order valence-electron chi connectivity index (χ1n) is 12.4. The highest BCUT2D eigenvalue weighted by molar-refractivity contribution is 7.21. The van der Waals surface area contributed by atoms with Gasteiger partial charge in [-0.1, -0.05) is 6.58 Å². The molecule has 2 aliphatic rings. The van der Waals surface area contributed by atoms with Crippen molar-refractivity contribution in [2.24, 2.45) is 0 Å². The first-order valence-corrected chi connectivity index (χ1v) is 13.3. The fourth-order valence-corrected chi connectivity index (χ4v) is 5.86. The minimum atomic E-state index is -0.0369. The molecule has 0 unspecified atom stereocenters. The molecule has 1 aromatic carbocycles. The quantitative estimate of drug-likeness (QED) is 0.399. The predicted octanol–water partition coefficient (Wildman–Crippen LogP) is 3.80. The summed E-state index contributed by atoms with van der Waals surface area (Å²) in [4.78, 5) is 20.8. The van der Waals surface area contributed by atoms with E-state index in [1.807, 2.05) is 31.2 Å². The lowest BCUT2D eigenvalue weighted by Gasteiger charge is -2.26. The maximum atomic E-state index is 12.7. The second kappa shape index (κ2) is 10.0. The first-order chi connectivity index (χ1) is 18.1. The smallest absolute Gasteiger partial charge is 0.263 e. The Morgan fingerprint density at radius 3 is 2.95 bits per heavy atom. The summed E-state index contributed by atoms with van der Waals surface area (Å²) in [6.45, 7) is 11.1. The van der Waals surface area contributed by atoms with Gasteiger partial charge >= 0.3 is 0 Å². The molecule has 1 amide bonds. The van der Waals surface area contributed by atoms with Crippen molar-refractivity contribution in [1.82, 2.24) is 25.4 Å². The number of pyridine rings is 1. The molecule has 9 nitrogen and oxygen atoms in total. The van der Waals surface area contributed by atoms with Crippen LogP contribution in [0.2, 0.25) is 0 Å². The Morgan fingerprint density at radius 1 is 1.24 bits per heavy atom. The topological polar surface area (TPSA) is 102 Å². The zero-order valence-corrected chi connectivity index (χ0v) is 21.4. The van der Waals surface area contributed by atoms with E-state index < -0.39 is 0 Å². The number of nitrogens with one attached hydrogen (secondary N) is 2. The van der Waals surface area contributed by atoms with Crippen molar-refractivity contribution < 1.29 is 14.3 Å². The first kappa shape index (κ1) is 23.8. The van der Waals surface area contributed by atoms with Crippen LogP contribution >= 0.6 is 11.3 Å². The van der Waals surface area contributed by atoms with Gasteiger partial charge in [0.2, 0.25) is 5.88 Å². The normalized spacial score (nSPS) is 18.2. The molecule has 4 aromatic rings. The van der Waals surface area contributed by atoms with Crippen LogP contribution in [0, 0.1) is 0 Å². The van der Waals surface area contributed by atoms with Gasteiger partial charge in [0.15, 0.2) is 0 Å². The van der Waals surface area contributed by atoms with E-state index in [0.717, 1.165) is 70.8 Å². The van der Waals surface area contributed by atoms with E-state index >= 15 is 0 Å². The monoisotopic (exact) mass is 516 g/mol. The maximum absolute atomic E-state index is 12.7. The molecule has 37 heavy (non-hydrogen) atoms. The van der Waals surface area contributed by atoms with Crippen LogP contribution in [0.1, 0.15) is 22.3 Å². The number of benzene rings is 1. The number of hydrogen-bond donors (Lipinski definition) is 2. The van der Waals surface area contributed by atoms with Crippen LogP contribution < -0.4 is 15.4 Å². The number of ether oxygens (including phenoxy) is 2. The third-order valence-electron chi connectivity index (χ3n) is 6.70. The zero-order chi connectivity index (χ0) is 25.4. The summed E-state index contributed by atoms with van der Waals surface area (Å²) in [6.07, 6.45) is 1.66. The Morgan fingerprint density at radius 2 is 2.11 bits per heavy atom. The molecule has 2 N–H and O–H groups in total. The van der Waals surface area contributed by atoms with Crippen molar-refractivity contribution in [3.05, 3.63) is 47.5 Å². The molecule has 2 aliphatic heterocycles. The molecule has 1 atom stereocenters. The third-order valence-corrected chi connectivity index (χ3v) is 7.86. The second-order valence-electron chi connectivity index (χ2n) is 9.26. The third kappa shape index (κ3) is 4.63. The largest absolute Gasteiger partial charge is 0.475 e. The number of aromatic nitrogens is 3. The summed E-state index contributed by atoms with van der Waals surface area (Å²) in [5, 5.41) is 17.1. The van der Waals surface area contributed by atoms with E-state index in [-0.39, 0.29) is 11.9 Å². The summed E-state index contributed by atoms with van der Waals surface area (Å²) < 4.78 is 12.6. The van der Waals surface area contributed by atoms with E-state index in [1.165, 1.54) is 11.3 Å². The Balaban J connectivity index is 1.36. The van der Waals surface area contributed by atoms with Crippen molar-refractivity contribution in [1.29, 1.82) is 0 Å². The molecule has 3 aromatic heterocycles. The van der Waals surface area contributed by atoms with Gasteiger partial charge in [-0.05, 0) is 43.3 Å². The number of morpholine rings is 1. The van der Waals surface area contributed by atoms with Crippen molar-refractivity contribution in [3.63, 3.8) is 0 Å². The van der Waals surface area contributed by atoms with Gasteiger partial charge in [-0.3, -0.25) is 9.69 Å². The standard InChI is InChI=1S/C27H28N6O3S/c1-3-17-14-19(27(32-31-17)36-13-10-33-8-11-35-12-9-33)21-5-4-18-20(30-21)6-7-22-23(18)24-25(37-22)26(34)29-16(2)15-28-24/h3-7,14,16,28H,1,8-13,15H2,2H3,(H,29,34)/t16-/m1/s1. The van der Waals surface area contributed by atoms with E-state index in [2.05, 4.69) is 38.4 Å². The average Bonchev–Trinajstić information content (AvgIpc) is 3.25. The number of anilines is 1. The summed E-state index contributed by atoms with van der Waals surface area (Å²) in [5.74, 6) is 0.411. The molecule has 5 heterocycles. The fraction of sp³-hybridized carbons (Fsp3) is 0.333. The number of hydrogen-bond acceptors (Lipinski definition) is 9. The van der Waals surface area contributed by atoms with Gasteiger partial charge in [0, 0.05) is 47.7 Å². The van der Waals surface area contributed by atoms with Crippen molar-refractivity contribution in [2.75, 3.05) is 51.3 Å². The Bertz CT molecular complexity index is 1500.